The molecule has 0 saturated heterocycles. The van der Waals surface area contributed by atoms with Gasteiger partial charge in [-0.1, -0.05) is 12.1 Å². The van der Waals surface area contributed by atoms with Gasteiger partial charge in [-0.2, -0.15) is 0 Å². The van der Waals surface area contributed by atoms with Crippen molar-refractivity contribution in [2.45, 2.75) is 13.0 Å². The summed E-state index contributed by atoms with van der Waals surface area (Å²) in [5.41, 5.74) is 3.71. The third-order valence-corrected chi connectivity index (χ3v) is 6.57. The average Bonchev–Trinajstić information content (AvgIpc) is 3.40. The fraction of sp³-hybridized carbons (Fsp3) is 0.286. The molecule has 3 aromatic carbocycles. The van der Waals surface area contributed by atoms with Crippen molar-refractivity contribution in [2.24, 2.45) is 0 Å². The fourth-order valence-electron chi connectivity index (χ4n) is 4.58. The van der Waals surface area contributed by atoms with E-state index in [-0.39, 0.29) is 18.6 Å². The number of methoxy groups -OCH3 is 2. The zero-order valence-corrected chi connectivity index (χ0v) is 20.8. The number of anilines is 1. The maximum absolute atomic E-state index is 13.0. The molecule has 0 unspecified atom stereocenters. The molecule has 0 fully saturated rings. The second-order valence-electron chi connectivity index (χ2n) is 8.83. The Kier molecular flexibility index (Phi) is 7.14. The van der Waals surface area contributed by atoms with E-state index < -0.39 is 0 Å². The molecule has 2 amide bonds. The van der Waals surface area contributed by atoms with E-state index in [1.54, 1.807) is 56.7 Å². The number of fused-ring (bicyclic) bond motifs is 2. The third-order valence-electron chi connectivity index (χ3n) is 6.57. The first-order chi connectivity index (χ1) is 18.1. The van der Waals surface area contributed by atoms with Crippen LogP contribution in [-0.2, 0) is 13.0 Å². The number of nitrogens with one attached hydrogen (secondary N) is 2. The first-order valence-corrected chi connectivity index (χ1v) is 12.1. The van der Waals surface area contributed by atoms with Crippen LogP contribution >= 0.6 is 0 Å². The maximum atomic E-state index is 13.0. The number of ether oxygens (including phenoxy) is 4. The molecule has 0 spiro atoms. The lowest BCUT2D eigenvalue weighted by molar-refractivity contribution is 0.0948. The quantitative estimate of drug-likeness (QED) is 0.486. The van der Waals surface area contributed by atoms with Gasteiger partial charge in [0.15, 0.2) is 23.0 Å². The van der Waals surface area contributed by atoms with Gasteiger partial charge >= 0.3 is 0 Å². The number of carbonyl (C=O) groups excluding carboxylic acids is 2. The second kappa shape index (κ2) is 10.8. The molecule has 0 saturated carbocycles. The molecule has 9 nitrogen and oxygen atoms in total. The van der Waals surface area contributed by atoms with E-state index in [9.17, 15) is 9.59 Å². The van der Waals surface area contributed by atoms with Crippen LogP contribution in [0.25, 0.3) is 0 Å². The molecule has 5 rings (SSSR count). The van der Waals surface area contributed by atoms with Crippen LogP contribution in [0.5, 0.6) is 23.0 Å². The molecule has 2 aliphatic rings. The standard InChI is InChI=1S/C28H29N3O6/c1-34-24-13-18-9-11-31(16-20(18)15-25(24)35-2)12-10-29-28(33)21-5-3-4-6-22(21)30-27(32)19-7-8-23-26(14-19)37-17-36-23/h3-8,13-15H,9-12,16-17H2,1-2H3,(H,29,33)(H,30,32). The minimum absolute atomic E-state index is 0.135. The Labute approximate surface area is 215 Å². The van der Waals surface area contributed by atoms with Gasteiger partial charge in [0, 0.05) is 31.7 Å². The van der Waals surface area contributed by atoms with E-state index in [0.717, 1.165) is 31.0 Å². The summed E-state index contributed by atoms with van der Waals surface area (Å²) in [4.78, 5) is 28.1. The minimum Gasteiger partial charge on any atom is -0.493 e. The zero-order valence-electron chi connectivity index (χ0n) is 20.8. The Morgan fingerprint density at radius 2 is 1.68 bits per heavy atom. The predicted molar refractivity (Wildman–Crippen MR) is 138 cm³/mol. The maximum Gasteiger partial charge on any atom is 0.255 e. The fourth-order valence-corrected chi connectivity index (χ4v) is 4.58. The summed E-state index contributed by atoms with van der Waals surface area (Å²) in [6.07, 6.45) is 0.901. The van der Waals surface area contributed by atoms with Crippen LogP contribution in [0.2, 0.25) is 0 Å². The molecule has 37 heavy (non-hydrogen) atoms. The second-order valence-corrected chi connectivity index (χ2v) is 8.83. The van der Waals surface area contributed by atoms with Crippen LogP contribution in [0.1, 0.15) is 31.8 Å². The van der Waals surface area contributed by atoms with E-state index in [1.165, 1.54) is 11.1 Å². The molecular formula is C28H29N3O6. The Balaban J connectivity index is 1.18. The van der Waals surface area contributed by atoms with E-state index in [2.05, 4.69) is 15.5 Å². The van der Waals surface area contributed by atoms with E-state index >= 15 is 0 Å². The van der Waals surface area contributed by atoms with Gasteiger partial charge in [0.25, 0.3) is 11.8 Å². The summed E-state index contributed by atoms with van der Waals surface area (Å²) in [6, 6.07) is 16.0. The highest BCUT2D eigenvalue weighted by molar-refractivity contribution is 6.09. The lowest BCUT2D eigenvalue weighted by atomic mass is 9.99. The molecule has 2 N–H and O–H groups in total. The van der Waals surface area contributed by atoms with Gasteiger partial charge in [-0.05, 0) is 60.0 Å². The summed E-state index contributed by atoms with van der Waals surface area (Å²) in [6.45, 7) is 2.97. The van der Waals surface area contributed by atoms with Crippen LogP contribution in [0.3, 0.4) is 0 Å². The predicted octanol–water partition coefficient (Wildman–Crippen LogP) is 3.47. The van der Waals surface area contributed by atoms with Crippen LogP contribution in [-0.4, -0.2) is 57.4 Å². The number of hydrogen-bond donors (Lipinski definition) is 2. The lowest BCUT2D eigenvalue weighted by Crippen LogP contribution is -2.38. The van der Waals surface area contributed by atoms with Gasteiger partial charge < -0.3 is 29.6 Å². The third kappa shape index (κ3) is 5.31. The number of nitrogens with zero attached hydrogens (tertiary/aromatic N) is 1. The number of carbonyl (C=O) groups is 2. The van der Waals surface area contributed by atoms with Gasteiger partial charge in [0.05, 0.1) is 25.5 Å². The summed E-state index contributed by atoms with van der Waals surface area (Å²) in [5, 5.41) is 5.83. The van der Waals surface area contributed by atoms with Gasteiger partial charge in [-0.15, -0.1) is 0 Å². The van der Waals surface area contributed by atoms with Crippen molar-refractivity contribution < 1.29 is 28.5 Å². The van der Waals surface area contributed by atoms with E-state index in [0.29, 0.717) is 41.4 Å². The Bertz CT molecular complexity index is 1330. The van der Waals surface area contributed by atoms with E-state index in [1.807, 2.05) is 12.1 Å². The van der Waals surface area contributed by atoms with Gasteiger partial charge in [-0.3, -0.25) is 14.5 Å². The minimum atomic E-state index is -0.336. The normalized spacial score (nSPS) is 14.0. The van der Waals surface area contributed by atoms with Crippen LogP contribution in [0.15, 0.2) is 54.6 Å². The van der Waals surface area contributed by atoms with Crippen molar-refractivity contribution in [2.75, 3.05) is 46.0 Å². The largest absolute Gasteiger partial charge is 0.493 e. The summed E-state index contributed by atoms with van der Waals surface area (Å²) >= 11 is 0. The number of hydrogen-bond acceptors (Lipinski definition) is 7. The lowest BCUT2D eigenvalue weighted by Gasteiger charge is -2.29. The monoisotopic (exact) mass is 503 g/mol. The number of benzene rings is 3. The molecule has 3 aromatic rings. The highest BCUT2D eigenvalue weighted by atomic mass is 16.7. The van der Waals surface area contributed by atoms with Crippen molar-refractivity contribution >= 4 is 17.5 Å². The van der Waals surface area contributed by atoms with Crippen LogP contribution in [0.4, 0.5) is 5.69 Å². The van der Waals surface area contributed by atoms with Gasteiger partial charge in [-0.25, -0.2) is 0 Å². The number of para-hydroxylation sites is 1. The average molecular weight is 504 g/mol. The van der Waals surface area contributed by atoms with Crippen molar-refractivity contribution in [1.29, 1.82) is 0 Å². The summed E-state index contributed by atoms with van der Waals surface area (Å²) in [5.74, 6) is 2.01. The Hall–Kier alpha value is -4.24. The SMILES string of the molecule is COc1cc2c(cc1OC)CN(CCNC(=O)c1ccccc1NC(=O)c1ccc3c(c1)OCO3)CC2. The highest BCUT2D eigenvalue weighted by Crippen LogP contribution is 2.34. The van der Waals surface area contributed by atoms with Crippen LogP contribution < -0.4 is 29.6 Å². The van der Waals surface area contributed by atoms with Crippen LogP contribution in [0, 0.1) is 0 Å². The van der Waals surface area contributed by atoms with Gasteiger partial charge in [0.1, 0.15) is 0 Å². The zero-order chi connectivity index (χ0) is 25.8. The molecule has 0 bridgehead atoms. The number of amides is 2. The number of rotatable bonds is 8. The Morgan fingerprint density at radius 1 is 0.919 bits per heavy atom. The summed E-state index contributed by atoms with van der Waals surface area (Å²) in [7, 11) is 3.28. The van der Waals surface area contributed by atoms with Crippen molar-refractivity contribution in [3.8, 4) is 23.0 Å². The van der Waals surface area contributed by atoms with Crippen molar-refractivity contribution in [3.63, 3.8) is 0 Å². The molecule has 0 atom stereocenters. The van der Waals surface area contributed by atoms with Crippen molar-refractivity contribution in [3.05, 3.63) is 76.9 Å². The Morgan fingerprint density at radius 3 is 2.49 bits per heavy atom. The molecule has 192 valence electrons. The first kappa shape index (κ1) is 24.5. The topological polar surface area (TPSA) is 98.4 Å². The molecule has 2 heterocycles. The summed E-state index contributed by atoms with van der Waals surface area (Å²) < 4.78 is 21.5. The highest BCUT2D eigenvalue weighted by Gasteiger charge is 2.21. The molecule has 0 radical (unpaired) electrons. The smallest absolute Gasteiger partial charge is 0.255 e. The van der Waals surface area contributed by atoms with Gasteiger partial charge in [0.2, 0.25) is 6.79 Å². The molecule has 2 aliphatic heterocycles. The van der Waals surface area contributed by atoms with E-state index in [4.69, 9.17) is 18.9 Å². The first-order valence-electron chi connectivity index (χ1n) is 12.1. The van der Waals surface area contributed by atoms with Crippen molar-refractivity contribution in [1.82, 2.24) is 10.2 Å². The molecule has 0 aromatic heterocycles. The molecule has 9 heteroatoms. The molecular weight excluding hydrogens is 474 g/mol. The molecule has 0 aliphatic carbocycles.